The van der Waals surface area contributed by atoms with Gasteiger partial charge in [0.25, 0.3) is 0 Å². The van der Waals surface area contributed by atoms with Crippen molar-refractivity contribution in [3.63, 3.8) is 0 Å². The molecule has 1 saturated heterocycles. The van der Waals surface area contributed by atoms with Crippen LogP contribution in [0.3, 0.4) is 0 Å². The first-order chi connectivity index (χ1) is 6.90. The van der Waals surface area contributed by atoms with Crippen LogP contribution in [0.5, 0.6) is 0 Å². The van der Waals surface area contributed by atoms with E-state index >= 15 is 0 Å². The molecule has 0 bridgehead atoms. The number of nitrogens with zero attached hydrogens (tertiary/aromatic N) is 2. The fourth-order valence-electron chi connectivity index (χ4n) is 1.97. The minimum atomic E-state index is 0.492. The van der Waals surface area contributed by atoms with E-state index < -0.39 is 0 Å². The van der Waals surface area contributed by atoms with Crippen molar-refractivity contribution >= 4 is 0 Å². The van der Waals surface area contributed by atoms with E-state index in [0.29, 0.717) is 12.0 Å². The van der Waals surface area contributed by atoms with Gasteiger partial charge in [-0.05, 0) is 13.5 Å². The smallest absolute Gasteiger partial charge is 0.0946 e. The first kappa shape index (κ1) is 9.68. The highest BCUT2D eigenvalue weighted by Gasteiger charge is 2.24. The van der Waals surface area contributed by atoms with Gasteiger partial charge in [-0.1, -0.05) is 0 Å². The molecule has 1 aromatic heterocycles. The second-order valence-corrected chi connectivity index (χ2v) is 3.78. The van der Waals surface area contributed by atoms with E-state index in [1.165, 1.54) is 6.42 Å². The normalized spacial score (nSPS) is 23.9. The lowest BCUT2D eigenvalue weighted by Crippen LogP contribution is -2.37. The molecule has 0 radical (unpaired) electrons. The van der Waals surface area contributed by atoms with E-state index in [1.807, 2.05) is 25.8 Å². The SMILES string of the molecule is CNC(Cn1ccnc1)C1CCOC1. The summed E-state index contributed by atoms with van der Waals surface area (Å²) in [7, 11) is 2.01. The lowest BCUT2D eigenvalue weighted by atomic mass is 9.99. The van der Waals surface area contributed by atoms with Crippen molar-refractivity contribution in [1.29, 1.82) is 0 Å². The zero-order valence-corrected chi connectivity index (χ0v) is 8.52. The summed E-state index contributed by atoms with van der Waals surface area (Å²) < 4.78 is 7.50. The van der Waals surface area contributed by atoms with E-state index in [4.69, 9.17) is 4.74 Å². The summed E-state index contributed by atoms with van der Waals surface area (Å²) in [6.45, 7) is 2.78. The van der Waals surface area contributed by atoms with Gasteiger partial charge in [-0.2, -0.15) is 0 Å². The molecule has 0 spiro atoms. The lowest BCUT2D eigenvalue weighted by molar-refractivity contribution is 0.175. The van der Waals surface area contributed by atoms with Gasteiger partial charge >= 0.3 is 0 Å². The Balaban J connectivity index is 1.92. The average Bonchev–Trinajstić information content (AvgIpc) is 2.86. The van der Waals surface area contributed by atoms with Gasteiger partial charge in [0.2, 0.25) is 0 Å². The van der Waals surface area contributed by atoms with Crippen LogP contribution >= 0.6 is 0 Å². The third kappa shape index (κ3) is 2.13. The van der Waals surface area contributed by atoms with E-state index in [9.17, 15) is 0 Å². The predicted molar refractivity (Wildman–Crippen MR) is 54.0 cm³/mol. The molecule has 4 heteroatoms. The van der Waals surface area contributed by atoms with Crippen LogP contribution < -0.4 is 5.32 Å². The Morgan fingerprint density at radius 2 is 2.64 bits per heavy atom. The zero-order valence-electron chi connectivity index (χ0n) is 8.52. The molecule has 2 atom stereocenters. The maximum absolute atomic E-state index is 5.39. The first-order valence-electron chi connectivity index (χ1n) is 5.11. The van der Waals surface area contributed by atoms with Crippen LogP contribution in [0.1, 0.15) is 6.42 Å². The Morgan fingerprint density at radius 1 is 1.71 bits per heavy atom. The van der Waals surface area contributed by atoms with Crippen LogP contribution in [0.25, 0.3) is 0 Å². The summed E-state index contributed by atoms with van der Waals surface area (Å²) in [6.07, 6.45) is 6.85. The monoisotopic (exact) mass is 195 g/mol. The van der Waals surface area contributed by atoms with Crippen LogP contribution in [0.4, 0.5) is 0 Å². The van der Waals surface area contributed by atoms with Crippen molar-refractivity contribution < 1.29 is 4.74 Å². The Hall–Kier alpha value is -0.870. The fraction of sp³-hybridized carbons (Fsp3) is 0.700. The molecule has 0 saturated carbocycles. The standard InChI is InChI=1S/C10H17N3O/c1-11-10(9-2-5-14-7-9)6-13-4-3-12-8-13/h3-4,8-11H,2,5-7H2,1H3. The molecular weight excluding hydrogens is 178 g/mol. The molecule has 2 heterocycles. The van der Waals surface area contributed by atoms with E-state index in [0.717, 1.165) is 19.8 Å². The fourth-order valence-corrected chi connectivity index (χ4v) is 1.97. The van der Waals surface area contributed by atoms with Gasteiger partial charge in [0.05, 0.1) is 12.9 Å². The number of hydrogen-bond donors (Lipinski definition) is 1. The number of rotatable bonds is 4. The van der Waals surface area contributed by atoms with Gasteiger partial charge in [-0.25, -0.2) is 4.98 Å². The molecule has 0 amide bonds. The van der Waals surface area contributed by atoms with Crippen molar-refractivity contribution in [3.8, 4) is 0 Å². The molecule has 78 valence electrons. The van der Waals surface area contributed by atoms with Crippen molar-refractivity contribution in [1.82, 2.24) is 14.9 Å². The van der Waals surface area contributed by atoms with Gasteiger partial charge in [0.1, 0.15) is 0 Å². The highest BCUT2D eigenvalue weighted by Crippen LogP contribution is 2.17. The molecular formula is C10H17N3O. The van der Waals surface area contributed by atoms with Gasteiger partial charge in [-0.15, -0.1) is 0 Å². The molecule has 1 aliphatic heterocycles. The summed E-state index contributed by atoms with van der Waals surface area (Å²) in [6, 6.07) is 0.492. The van der Waals surface area contributed by atoms with Crippen LogP contribution in [0, 0.1) is 5.92 Å². The largest absolute Gasteiger partial charge is 0.381 e. The number of likely N-dealkylation sites (N-methyl/N-ethyl adjacent to an activating group) is 1. The van der Waals surface area contributed by atoms with Gasteiger partial charge in [0.15, 0.2) is 0 Å². The molecule has 1 N–H and O–H groups in total. The summed E-state index contributed by atoms with van der Waals surface area (Å²) in [5.74, 6) is 0.641. The topological polar surface area (TPSA) is 39.1 Å². The Morgan fingerprint density at radius 3 is 3.21 bits per heavy atom. The molecule has 1 fully saturated rings. The molecule has 1 aromatic rings. The quantitative estimate of drug-likeness (QED) is 0.760. The van der Waals surface area contributed by atoms with Crippen LogP contribution in [0.2, 0.25) is 0 Å². The molecule has 0 aromatic carbocycles. The highest BCUT2D eigenvalue weighted by atomic mass is 16.5. The van der Waals surface area contributed by atoms with Crippen molar-refractivity contribution in [2.45, 2.75) is 19.0 Å². The number of imidazole rings is 1. The first-order valence-corrected chi connectivity index (χ1v) is 5.11. The highest BCUT2D eigenvalue weighted by molar-refractivity contribution is 4.82. The van der Waals surface area contributed by atoms with E-state index in [-0.39, 0.29) is 0 Å². The number of ether oxygens (including phenoxy) is 1. The summed E-state index contributed by atoms with van der Waals surface area (Å²) >= 11 is 0. The average molecular weight is 195 g/mol. The lowest BCUT2D eigenvalue weighted by Gasteiger charge is -2.21. The molecule has 14 heavy (non-hydrogen) atoms. The van der Waals surface area contributed by atoms with Gasteiger partial charge in [-0.3, -0.25) is 0 Å². The molecule has 4 nitrogen and oxygen atoms in total. The molecule has 1 aliphatic rings. The molecule has 2 rings (SSSR count). The van der Waals surface area contributed by atoms with Gasteiger partial charge in [0, 0.05) is 37.5 Å². The Bertz CT molecular complexity index is 254. The number of hydrogen-bond acceptors (Lipinski definition) is 3. The minimum Gasteiger partial charge on any atom is -0.381 e. The van der Waals surface area contributed by atoms with Crippen LogP contribution in [0.15, 0.2) is 18.7 Å². The van der Waals surface area contributed by atoms with Crippen molar-refractivity contribution in [3.05, 3.63) is 18.7 Å². The number of nitrogens with one attached hydrogen (secondary N) is 1. The summed E-state index contributed by atoms with van der Waals surface area (Å²) in [5, 5.41) is 3.35. The maximum atomic E-state index is 5.39. The second-order valence-electron chi connectivity index (χ2n) is 3.78. The zero-order chi connectivity index (χ0) is 9.80. The van der Waals surface area contributed by atoms with Crippen molar-refractivity contribution in [2.24, 2.45) is 5.92 Å². The summed E-state index contributed by atoms with van der Waals surface area (Å²) in [5.41, 5.74) is 0. The predicted octanol–water partition coefficient (Wildman–Crippen LogP) is 0.508. The third-order valence-electron chi connectivity index (χ3n) is 2.87. The van der Waals surface area contributed by atoms with Crippen molar-refractivity contribution in [2.75, 3.05) is 20.3 Å². The number of aromatic nitrogens is 2. The third-order valence-corrected chi connectivity index (χ3v) is 2.87. The maximum Gasteiger partial charge on any atom is 0.0946 e. The van der Waals surface area contributed by atoms with Crippen LogP contribution in [-0.2, 0) is 11.3 Å². The Kier molecular flexibility index (Phi) is 3.16. The van der Waals surface area contributed by atoms with E-state index in [1.54, 1.807) is 0 Å². The van der Waals surface area contributed by atoms with Gasteiger partial charge < -0.3 is 14.6 Å². The molecule has 0 aliphatic carbocycles. The second kappa shape index (κ2) is 4.57. The minimum absolute atomic E-state index is 0.492. The van der Waals surface area contributed by atoms with Crippen LogP contribution in [-0.4, -0.2) is 35.9 Å². The Labute approximate surface area is 84.3 Å². The molecule has 2 unspecified atom stereocenters. The summed E-state index contributed by atoms with van der Waals surface area (Å²) in [4.78, 5) is 4.04. The van der Waals surface area contributed by atoms with E-state index in [2.05, 4.69) is 14.9 Å².